The minimum Gasteiger partial charge on any atom is -0.495 e. The molecule has 0 saturated heterocycles. The molecule has 0 aliphatic heterocycles. The highest BCUT2D eigenvalue weighted by atomic mass is 35.5. The van der Waals surface area contributed by atoms with Crippen LogP contribution in [-0.4, -0.2) is 22.6 Å². The minimum absolute atomic E-state index is 0.196. The van der Waals surface area contributed by atoms with E-state index < -0.39 is 10.0 Å². The van der Waals surface area contributed by atoms with Gasteiger partial charge in [-0.15, -0.1) is 0 Å². The third kappa shape index (κ3) is 4.67. The minimum atomic E-state index is -3.64. The number of hydrogen-bond acceptors (Lipinski definition) is 4. The summed E-state index contributed by atoms with van der Waals surface area (Å²) >= 11 is 11.8. The zero-order valence-electron chi connectivity index (χ0n) is 12.5. The Morgan fingerprint density at radius 1 is 1.00 bits per heavy atom. The first-order valence-corrected chi connectivity index (χ1v) is 8.92. The van der Waals surface area contributed by atoms with Crippen LogP contribution in [0, 0.1) is 0 Å². The van der Waals surface area contributed by atoms with Crippen molar-refractivity contribution in [3.8, 4) is 11.5 Å². The Balaban J connectivity index is 2.27. The fraction of sp³-hybridized carbons (Fsp3) is 0.200. The van der Waals surface area contributed by atoms with Crippen molar-refractivity contribution in [1.29, 1.82) is 0 Å². The summed E-state index contributed by atoms with van der Waals surface area (Å²) in [6.45, 7) is 0. The number of benzene rings is 2. The zero-order valence-corrected chi connectivity index (χ0v) is 14.8. The van der Waals surface area contributed by atoms with Crippen LogP contribution in [0.1, 0.15) is 5.56 Å². The van der Waals surface area contributed by atoms with Gasteiger partial charge < -0.3 is 9.47 Å². The topological polar surface area (TPSA) is 64.6 Å². The molecule has 0 heterocycles. The molecule has 2 aromatic rings. The Bertz CT molecular complexity index is 792. The molecule has 124 valence electrons. The number of anilines is 1. The quantitative estimate of drug-likeness (QED) is 0.829. The van der Waals surface area contributed by atoms with Crippen molar-refractivity contribution in [2.75, 3.05) is 18.9 Å². The van der Waals surface area contributed by atoms with Crippen molar-refractivity contribution < 1.29 is 17.9 Å². The van der Waals surface area contributed by atoms with Crippen LogP contribution in [0.25, 0.3) is 0 Å². The average Bonchev–Trinajstić information content (AvgIpc) is 2.50. The molecule has 0 bridgehead atoms. The van der Waals surface area contributed by atoms with Crippen molar-refractivity contribution in [1.82, 2.24) is 0 Å². The Labute approximate surface area is 145 Å². The lowest BCUT2D eigenvalue weighted by atomic mass is 10.2. The van der Waals surface area contributed by atoms with Gasteiger partial charge in [0.25, 0.3) is 0 Å². The van der Waals surface area contributed by atoms with Gasteiger partial charge in [0, 0.05) is 17.2 Å². The lowest BCUT2D eigenvalue weighted by molar-refractivity contribution is 0.405. The van der Waals surface area contributed by atoms with Crippen molar-refractivity contribution in [2.45, 2.75) is 5.75 Å². The van der Waals surface area contributed by atoms with Gasteiger partial charge in [0.1, 0.15) is 11.5 Å². The van der Waals surface area contributed by atoms with Gasteiger partial charge in [-0.05, 0) is 17.7 Å². The van der Waals surface area contributed by atoms with Crippen molar-refractivity contribution in [2.24, 2.45) is 0 Å². The van der Waals surface area contributed by atoms with E-state index >= 15 is 0 Å². The second kappa shape index (κ2) is 7.29. The molecule has 0 fully saturated rings. The largest absolute Gasteiger partial charge is 0.495 e. The molecule has 5 nitrogen and oxygen atoms in total. The molecular formula is C15H15Cl2NO4S. The van der Waals surface area contributed by atoms with Gasteiger partial charge in [-0.25, -0.2) is 8.42 Å². The summed E-state index contributed by atoms with van der Waals surface area (Å²) in [6.07, 6.45) is 0. The molecule has 0 unspecified atom stereocenters. The summed E-state index contributed by atoms with van der Waals surface area (Å²) < 4.78 is 37.4. The lowest BCUT2D eigenvalue weighted by Crippen LogP contribution is -2.15. The lowest BCUT2D eigenvalue weighted by Gasteiger charge is -2.14. The van der Waals surface area contributed by atoms with Crippen LogP contribution in [0.2, 0.25) is 10.0 Å². The number of sulfonamides is 1. The summed E-state index contributed by atoms with van der Waals surface area (Å²) in [5, 5.41) is 0.869. The molecule has 0 radical (unpaired) electrons. The van der Waals surface area contributed by atoms with Crippen LogP contribution >= 0.6 is 23.2 Å². The summed E-state index contributed by atoms with van der Waals surface area (Å²) in [5.41, 5.74) is 0.865. The molecule has 0 amide bonds. The first-order valence-electron chi connectivity index (χ1n) is 6.51. The van der Waals surface area contributed by atoms with Gasteiger partial charge in [-0.3, -0.25) is 4.72 Å². The predicted molar refractivity (Wildman–Crippen MR) is 92.3 cm³/mol. The van der Waals surface area contributed by atoms with Gasteiger partial charge in [-0.1, -0.05) is 35.3 Å². The summed E-state index contributed by atoms with van der Waals surface area (Å²) in [6, 6.07) is 9.54. The zero-order chi connectivity index (χ0) is 17.0. The van der Waals surface area contributed by atoms with E-state index in [0.29, 0.717) is 27.1 Å². The number of halogens is 2. The first-order chi connectivity index (χ1) is 10.8. The van der Waals surface area contributed by atoms with Crippen LogP contribution in [0.4, 0.5) is 5.69 Å². The van der Waals surface area contributed by atoms with E-state index in [1.165, 1.54) is 26.4 Å². The normalized spacial score (nSPS) is 11.1. The van der Waals surface area contributed by atoms with Crippen LogP contribution in [0.3, 0.4) is 0 Å². The number of rotatable bonds is 6. The SMILES string of the molecule is COc1cc(NS(=O)(=O)Cc2ccc(Cl)cc2)c(OC)cc1Cl. The highest BCUT2D eigenvalue weighted by Gasteiger charge is 2.17. The van der Waals surface area contributed by atoms with E-state index in [0.717, 1.165) is 0 Å². The Morgan fingerprint density at radius 2 is 1.61 bits per heavy atom. The second-order valence-corrected chi connectivity index (χ2v) is 7.24. The number of methoxy groups -OCH3 is 2. The Morgan fingerprint density at radius 3 is 2.17 bits per heavy atom. The smallest absolute Gasteiger partial charge is 0.237 e. The number of ether oxygens (including phenoxy) is 2. The van der Waals surface area contributed by atoms with Crippen LogP contribution in [0.15, 0.2) is 36.4 Å². The first kappa shape index (κ1) is 17.7. The second-order valence-electron chi connectivity index (χ2n) is 4.67. The third-order valence-corrected chi connectivity index (χ3v) is 4.80. The van der Waals surface area contributed by atoms with Crippen LogP contribution in [0.5, 0.6) is 11.5 Å². The van der Waals surface area contributed by atoms with Crippen molar-refractivity contribution >= 4 is 38.9 Å². The maximum Gasteiger partial charge on any atom is 0.237 e. The Hall–Kier alpha value is -1.63. The molecule has 0 saturated carbocycles. The molecule has 1 N–H and O–H groups in total. The highest BCUT2D eigenvalue weighted by molar-refractivity contribution is 7.91. The standard InChI is InChI=1S/C15H15Cl2NO4S/c1-21-14-8-13(15(22-2)7-12(14)17)18-23(19,20)9-10-3-5-11(16)6-4-10/h3-8,18H,9H2,1-2H3. The van der Waals surface area contributed by atoms with E-state index in [1.54, 1.807) is 24.3 Å². The van der Waals surface area contributed by atoms with Crippen LogP contribution in [-0.2, 0) is 15.8 Å². The molecule has 0 aromatic heterocycles. The predicted octanol–water partition coefficient (Wildman–Crippen LogP) is 3.95. The van der Waals surface area contributed by atoms with Gasteiger partial charge in [-0.2, -0.15) is 0 Å². The average molecular weight is 376 g/mol. The maximum absolute atomic E-state index is 12.3. The molecule has 0 atom stereocenters. The summed E-state index contributed by atoms with van der Waals surface area (Å²) in [7, 11) is -0.773. The molecule has 23 heavy (non-hydrogen) atoms. The number of hydrogen-bond donors (Lipinski definition) is 1. The monoisotopic (exact) mass is 375 g/mol. The van der Waals surface area contributed by atoms with Gasteiger partial charge in [0.2, 0.25) is 10.0 Å². The van der Waals surface area contributed by atoms with E-state index in [2.05, 4.69) is 4.72 Å². The Kier molecular flexibility index (Phi) is 5.62. The van der Waals surface area contributed by atoms with Gasteiger partial charge in [0.05, 0.1) is 30.7 Å². The summed E-state index contributed by atoms with van der Waals surface area (Å²) in [5.74, 6) is 0.449. The fourth-order valence-electron chi connectivity index (χ4n) is 1.94. The van der Waals surface area contributed by atoms with Gasteiger partial charge >= 0.3 is 0 Å². The van der Waals surface area contributed by atoms with E-state index in [-0.39, 0.29) is 11.4 Å². The maximum atomic E-state index is 12.3. The van der Waals surface area contributed by atoms with Crippen molar-refractivity contribution in [3.05, 3.63) is 52.0 Å². The molecule has 2 rings (SSSR count). The van der Waals surface area contributed by atoms with Crippen LogP contribution < -0.4 is 14.2 Å². The van der Waals surface area contributed by atoms with Crippen molar-refractivity contribution in [3.63, 3.8) is 0 Å². The third-order valence-electron chi connectivity index (χ3n) is 3.01. The molecular weight excluding hydrogens is 361 g/mol. The summed E-state index contributed by atoms with van der Waals surface area (Å²) in [4.78, 5) is 0. The molecule has 0 aliphatic rings. The highest BCUT2D eigenvalue weighted by Crippen LogP contribution is 2.36. The van der Waals surface area contributed by atoms with E-state index in [4.69, 9.17) is 32.7 Å². The fourth-order valence-corrected chi connectivity index (χ4v) is 3.50. The number of nitrogens with one attached hydrogen (secondary N) is 1. The van der Waals surface area contributed by atoms with E-state index in [1.807, 2.05) is 0 Å². The molecule has 0 aliphatic carbocycles. The van der Waals surface area contributed by atoms with Gasteiger partial charge in [0.15, 0.2) is 0 Å². The molecule has 2 aromatic carbocycles. The molecule has 0 spiro atoms. The van der Waals surface area contributed by atoms with E-state index in [9.17, 15) is 8.42 Å². The molecule has 8 heteroatoms.